The normalized spacial score (nSPS) is 30.6. The van der Waals surface area contributed by atoms with Gasteiger partial charge < -0.3 is 9.47 Å². The van der Waals surface area contributed by atoms with E-state index in [2.05, 4.69) is 152 Å². The molecule has 0 saturated heterocycles. The number of hydrogen-bond acceptors (Lipinski definition) is 2. The molecule has 12 fully saturated rings. The van der Waals surface area contributed by atoms with Gasteiger partial charge >= 0.3 is 0 Å². The summed E-state index contributed by atoms with van der Waals surface area (Å²) >= 11 is 0. The average molecular weight is 2010 g/mol. The van der Waals surface area contributed by atoms with Gasteiger partial charge in [-0.15, -0.1) is 0 Å². The molecule has 12 saturated carbocycles. The summed E-state index contributed by atoms with van der Waals surface area (Å²) in [6.45, 7) is 53.2. The molecule has 12 aliphatic rings. The van der Waals surface area contributed by atoms with Crippen LogP contribution in [0.25, 0.3) is 0 Å². The molecule has 0 amide bonds. The van der Waals surface area contributed by atoms with Crippen LogP contribution in [0.2, 0.25) is 0 Å². The fourth-order valence-corrected chi connectivity index (χ4v) is 28.7. The zero-order valence-electron chi connectivity index (χ0n) is 104. The van der Waals surface area contributed by atoms with Crippen molar-refractivity contribution in [2.45, 2.75) is 737 Å². The van der Waals surface area contributed by atoms with Gasteiger partial charge in [0.1, 0.15) is 0 Å². The second-order valence-corrected chi connectivity index (χ2v) is 53.3. The molecule has 12 rings (SSSR count). The van der Waals surface area contributed by atoms with Gasteiger partial charge in [-0.2, -0.15) is 0 Å². The minimum Gasteiger partial charge on any atom is -0.384 e. The van der Waals surface area contributed by atoms with Gasteiger partial charge in [-0.3, -0.25) is 0 Å². The molecule has 0 aromatic carbocycles. The number of ether oxygens (including phenoxy) is 2. The van der Waals surface area contributed by atoms with Gasteiger partial charge in [-0.25, -0.2) is 0 Å². The first kappa shape index (κ1) is 141. The Bertz CT molecular complexity index is 2290. The topological polar surface area (TPSA) is 18.5 Å². The number of unbranched alkanes of at least 4 members (excludes halogenated alkanes) is 12. The van der Waals surface area contributed by atoms with Gasteiger partial charge in [0.2, 0.25) is 0 Å². The van der Waals surface area contributed by atoms with E-state index in [-0.39, 0.29) is 0 Å². The van der Waals surface area contributed by atoms with Crippen LogP contribution in [-0.4, -0.2) is 27.4 Å². The SMILES string of the molecule is CCC1CCC(C)CC1.CCC1CCC(COC)CC1.CCCC1CCC(C)CC1.CCCC1CCC(CC)CC1.CCCC1CCC(CCC)CC1.CCCC1CCC(COC)CC1.CCCCC1CCC(C)CC1.CCCCC1CCC(CCC)CC1.CCCCCC1CCC(C)CC1.CCCCCC1CCC(CCC)CC1.CCCCCCC1CCC(C)CC1.CCCCCCC1CCC(CCC)CC1. The molecule has 0 aromatic rings. The molecule has 0 radical (unpaired) electrons. The van der Waals surface area contributed by atoms with Crippen molar-refractivity contribution >= 4 is 0 Å². The molecular weight excluding hydrogens is 1730 g/mol. The second kappa shape index (κ2) is 101. The van der Waals surface area contributed by atoms with E-state index in [1.54, 1.807) is 0 Å². The molecule has 2 heteroatoms. The van der Waals surface area contributed by atoms with E-state index in [1.807, 2.05) is 14.2 Å². The van der Waals surface area contributed by atoms with Crippen LogP contribution in [0.4, 0.5) is 0 Å². The molecule has 2 nitrogen and oxygen atoms in total. The van der Waals surface area contributed by atoms with Crippen molar-refractivity contribution in [1.82, 2.24) is 0 Å². The highest BCUT2D eigenvalue weighted by molar-refractivity contribution is 4.81. The predicted molar refractivity (Wildman–Crippen MR) is 652 cm³/mol. The molecule has 0 heterocycles. The number of rotatable bonds is 47. The van der Waals surface area contributed by atoms with E-state index in [4.69, 9.17) is 9.47 Å². The molecule has 858 valence electrons. The van der Waals surface area contributed by atoms with Crippen LogP contribution in [0.5, 0.6) is 0 Å². The van der Waals surface area contributed by atoms with Crippen molar-refractivity contribution in [3.8, 4) is 0 Å². The fourth-order valence-electron chi connectivity index (χ4n) is 28.7. The van der Waals surface area contributed by atoms with Gasteiger partial charge in [-0.1, -0.05) is 711 Å². The van der Waals surface area contributed by atoms with Crippen LogP contribution < -0.4 is 0 Å². The Labute approximate surface area is 909 Å². The Balaban J connectivity index is 0.000000781. The lowest BCUT2D eigenvalue weighted by Crippen LogP contribution is -2.17. The third kappa shape index (κ3) is 80.4. The molecular formula is C141H282O2. The maximum absolute atomic E-state index is 5.18. The van der Waals surface area contributed by atoms with Crippen LogP contribution in [-0.2, 0) is 9.47 Å². The summed E-state index contributed by atoms with van der Waals surface area (Å²) in [5.74, 6) is 25.2. The highest BCUT2D eigenvalue weighted by atomic mass is 16.5. The lowest BCUT2D eigenvalue weighted by Gasteiger charge is -2.28. The van der Waals surface area contributed by atoms with Crippen molar-refractivity contribution in [3.63, 3.8) is 0 Å². The Morgan fingerprint density at radius 2 is 0.238 bits per heavy atom. The van der Waals surface area contributed by atoms with Crippen LogP contribution in [0.3, 0.4) is 0 Å². The zero-order chi connectivity index (χ0) is 105. The first-order valence-electron chi connectivity index (χ1n) is 68.7. The maximum atomic E-state index is 5.18. The summed E-state index contributed by atoms with van der Waals surface area (Å²) < 4.78 is 10.3. The largest absolute Gasteiger partial charge is 0.384 e. The molecule has 0 atom stereocenters. The van der Waals surface area contributed by atoms with E-state index in [1.165, 1.54) is 584 Å². The molecule has 143 heavy (non-hydrogen) atoms. The smallest absolute Gasteiger partial charge is 0.0490 e. The van der Waals surface area contributed by atoms with E-state index in [0.717, 1.165) is 155 Å². The molecule has 0 spiro atoms. The van der Waals surface area contributed by atoms with Gasteiger partial charge in [0.15, 0.2) is 0 Å². The van der Waals surface area contributed by atoms with Crippen molar-refractivity contribution in [3.05, 3.63) is 0 Å². The quantitative estimate of drug-likeness (QED) is 0.0566. The Morgan fingerprint density at radius 3 is 0.385 bits per heavy atom. The van der Waals surface area contributed by atoms with Gasteiger partial charge in [0, 0.05) is 27.4 Å². The summed E-state index contributed by atoms with van der Waals surface area (Å²) in [6, 6.07) is 0. The third-order valence-electron chi connectivity index (χ3n) is 39.8. The highest BCUT2D eigenvalue weighted by Crippen LogP contribution is 2.43. The van der Waals surface area contributed by atoms with E-state index in [9.17, 15) is 0 Å². The van der Waals surface area contributed by atoms with Gasteiger partial charge in [-0.05, 0) is 168 Å². The van der Waals surface area contributed by atoms with Crippen molar-refractivity contribution in [2.24, 2.45) is 142 Å². The lowest BCUT2D eigenvalue weighted by molar-refractivity contribution is 0.117. The summed E-state index contributed by atoms with van der Waals surface area (Å²) in [5, 5.41) is 0. The molecule has 0 unspecified atom stereocenters. The van der Waals surface area contributed by atoms with Crippen LogP contribution in [0.1, 0.15) is 737 Å². The van der Waals surface area contributed by atoms with E-state index in [0.29, 0.717) is 0 Å². The minimum absolute atomic E-state index is 0.864. The molecule has 0 aromatic heterocycles. The molecule has 12 aliphatic carbocycles. The van der Waals surface area contributed by atoms with E-state index < -0.39 is 0 Å². The Morgan fingerprint density at radius 1 is 0.119 bits per heavy atom. The summed E-state index contributed by atoms with van der Waals surface area (Å²) in [5.41, 5.74) is 0. The first-order chi connectivity index (χ1) is 69.7. The second-order valence-electron chi connectivity index (χ2n) is 53.3. The summed E-state index contributed by atoms with van der Waals surface area (Å²) in [4.78, 5) is 0. The standard InChI is InChI=1S/C15H30.C14H28.2C13H26.2C12H24.C11H22O.2C11H22.C10H20O.C10H20.C9H18/c1-3-5-6-7-9-15-12-10-14(8-4-2)11-13-15;1-3-5-6-8-14-11-9-13(7-4-2)10-12-14;1-3-4-5-6-7-13-10-8-12(2)9-11-13;1-3-5-7-13-10-8-12(6-4-2)9-11-13;1-3-4-5-6-12-9-7-11(2)8-10-12;1-3-5-11-7-9-12(6-4-2)10-8-11;1-3-4-10-5-7-11(8-6-10)9-12-2;1-3-4-5-11-8-6-10(2)7-9-11;1-3-5-11-8-6-10(4-2)7-9-11;1-3-9-4-6-10(7-5-9)8-11-2;1-3-4-10-7-5-9(2)6-8-10;1-3-9-6-4-8(2)5-7-9/h14-15H,3-13H2,1-2H3;13-14H,3-12H2,1-2H3;2*12-13H,3-11H2,1-2H3;2*11-12H,3-10H2,1-2H3;10-11H,3-9H2,1-2H3;2*10-11H,3-9H2,1-2H3;9-10H,3-8H2,1-2H3;9-10H,3-8H2,1-2H3;8-9H,3-7H2,1-2H3. The minimum atomic E-state index is 0.864. The summed E-state index contributed by atoms with van der Waals surface area (Å²) in [6.07, 6.45) is 134. The fraction of sp³-hybridized carbons (Fsp3) is 1.00. The zero-order valence-corrected chi connectivity index (χ0v) is 104. The number of methoxy groups -OCH3 is 2. The monoisotopic (exact) mass is 2010 g/mol. The third-order valence-corrected chi connectivity index (χ3v) is 39.8. The van der Waals surface area contributed by atoms with Crippen LogP contribution >= 0.6 is 0 Å². The first-order valence-corrected chi connectivity index (χ1v) is 68.7. The van der Waals surface area contributed by atoms with Crippen LogP contribution in [0.15, 0.2) is 0 Å². The summed E-state index contributed by atoms with van der Waals surface area (Å²) in [7, 11) is 3.63. The van der Waals surface area contributed by atoms with Gasteiger partial charge in [0.25, 0.3) is 0 Å². The maximum Gasteiger partial charge on any atom is 0.0490 e. The molecule has 0 N–H and O–H groups in total. The van der Waals surface area contributed by atoms with Crippen molar-refractivity contribution < 1.29 is 9.47 Å². The molecule has 0 aliphatic heterocycles. The van der Waals surface area contributed by atoms with Crippen LogP contribution in [0, 0.1) is 142 Å². The van der Waals surface area contributed by atoms with Crippen molar-refractivity contribution in [1.29, 1.82) is 0 Å². The average Bonchev–Trinajstić information content (AvgIpc) is 0.921. The molecule has 0 bridgehead atoms. The van der Waals surface area contributed by atoms with Crippen molar-refractivity contribution in [2.75, 3.05) is 27.4 Å². The van der Waals surface area contributed by atoms with Gasteiger partial charge in [0.05, 0.1) is 0 Å². The number of hydrogen-bond donors (Lipinski definition) is 0. The predicted octanol–water partition coefficient (Wildman–Crippen LogP) is 50.0. The lowest BCUT2D eigenvalue weighted by atomic mass is 9.78. The Hall–Kier alpha value is -0.0800. The van der Waals surface area contributed by atoms with E-state index >= 15 is 0 Å². The Kier molecular flexibility index (Phi) is 99.7. The highest BCUT2D eigenvalue weighted by Gasteiger charge is 2.29.